The Labute approximate surface area is 79.0 Å². The van der Waals surface area contributed by atoms with Crippen molar-refractivity contribution < 1.29 is 14.0 Å². The molecule has 0 spiro atoms. The van der Waals surface area contributed by atoms with Crippen LogP contribution in [0.5, 0.6) is 0 Å². The van der Waals surface area contributed by atoms with Crippen molar-refractivity contribution in [1.82, 2.24) is 0 Å². The van der Waals surface area contributed by atoms with E-state index >= 15 is 0 Å². The van der Waals surface area contributed by atoms with Gasteiger partial charge in [0.25, 0.3) is 0 Å². The van der Waals surface area contributed by atoms with Gasteiger partial charge < -0.3 is 4.89 Å². The molecule has 0 aliphatic heterocycles. The van der Waals surface area contributed by atoms with Gasteiger partial charge in [0.1, 0.15) is 6.61 Å². The molecule has 0 saturated heterocycles. The fraction of sp³-hybridized carbons (Fsp3) is 0.875. The summed E-state index contributed by atoms with van der Waals surface area (Å²) in [5.41, 5.74) is 0. The molecule has 0 amide bonds. The Hall–Kier alpha value is -0.310. The Bertz CT molecular complexity index is 190. The van der Waals surface area contributed by atoms with Gasteiger partial charge in [-0.25, -0.2) is 0 Å². The lowest BCUT2D eigenvalue weighted by Gasteiger charge is -2.16. The van der Waals surface area contributed by atoms with E-state index in [9.17, 15) is 9.46 Å². The first kappa shape index (κ1) is 10.8. The molecular formula is C8H14NO3P. The second-order valence-corrected chi connectivity index (χ2v) is 3.85. The molecule has 0 aromatic heterocycles. The minimum absolute atomic E-state index is 0.0786. The molecule has 1 aliphatic rings. The van der Waals surface area contributed by atoms with Crippen molar-refractivity contribution in [2.24, 2.45) is 4.99 Å². The van der Waals surface area contributed by atoms with Crippen molar-refractivity contribution >= 4 is 14.5 Å². The molecule has 13 heavy (non-hydrogen) atoms. The molecule has 0 N–H and O–H groups in total. The lowest BCUT2D eigenvalue weighted by molar-refractivity contribution is -0.184. The number of nitrogens with zero attached hydrogens (tertiary/aromatic N) is 1. The summed E-state index contributed by atoms with van der Waals surface area (Å²) in [6.45, 7) is 0.0786. The van der Waals surface area contributed by atoms with E-state index in [2.05, 4.69) is 9.52 Å². The predicted octanol–water partition coefficient (Wildman–Crippen LogP) is 1.42. The molecule has 0 aromatic rings. The van der Waals surface area contributed by atoms with Crippen LogP contribution < -0.4 is 4.89 Å². The number of hydrogen-bond acceptors (Lipinski definition) is 4. The second-order valence-electron chi connectivity index (χ2n) is 3.14. The van der Waals surface area contributed by atoms with Gasteiger partial charge in [0, 0.05) is 12.3 Å². The predicted molar refractivity (Wildman–Crippen MR) is 48.9 cm³/mol. The van der Waals surface area contributed by atoms with Crippen molar-refractivity contribution in [2.45, 2.75) is 38.1 Å². The van der Waals surface area contributed by atoms with E-state index < -0.39 is 8.25 Å². The molecule has 0 aromatic carbocycles. The lowest BCUT2D eigenvalue weighted by Crippen LogP contribution is -2.10. The minimum atomic E-state index is -2.72. The van der Waals surface area contributed by atoms with Crippen molar-refractivity contribution in [3.8, 4) is 0 Å². The molecular weight excluding hydrogens is 189 g/mol. The monoisotopic (exact) mass is 203 g/mol. The van der Waals surface area contributed by atoms with Gasteiger partial charge >= 0.3 is 8.25 Å². The smallest absolute Gasteiger partial charge is 0.488 e. The normalized spacial score (nSPS) is 20.8. The third kappa shape index (κ3) is 5.09. The zero-order valence-corrected chi connectivity index (χ0v) is 8.41. The molecule has 0 heterocycles. The van der Waals surface area contributed by atoms with Crippen molar-refractivity contribution in [3.05, 3.63) is 0 Å². The quantitative estimate of drug-likeness (QED) is 0.512. The maximum Gasteiger partial charge on any atom is 0.488 e. The van der Waals surface area contributed by atoms with Crippen molar-refractivity contribution in [3.63, 3.8) is 0 Å². The standard InChI is InChI=1S/C8H14NO3P/c10-13(11)12-7-6-9-8-4-2-1-3-5-8/h6,8H,1-5,7H2. The van der Waals surface area contributed by atoms with Gasteiger partial charge in [-0.05, 0) is 17.4 Å². The van der Waals surface area contributed by atoms with E-state index in [1.54, 1.807) is 6.21 Å². The van der Waals surface area contributed by atoms with E-state index in [0.717, 1.165) is 12.8 Å². The second kappa shape index (κ2) is 6.19. The third-order valence-corrected chi connectivity index (χ3v) is 2.51. The highest BCUT2D eigenvalue weighted by Gasteiger charge is 2.10. The van der Waals surface area contributed by atoms with Gasteiger partial charge in [-0.1, -0.05) is 19.3 Å². The zero-order chi connectivity index (χ0) is 9.52. The van der Waals surface area contributed by atoms with Crippen LogP contribution in [0.1, 0.15) is 32.1 Å². The van der Waals surface area contributed by atoms with E-state index in [-0.39, 0.29) is 6.61 Å². The average Bonchev–Trinajstić information content (AvgIpc) is 2.14. The summed E-state index contributed by atoms with van der Waals surface area (Å²) in [6, 6.07) is 0.391. The van der Waals surface area contributed by atoms with Gasteiger partial charge in [-0.2, -0.15) is 0 Å². The Morgan fingerprint density at radius 2 is 2.15 bits per heavy atom. The SMILES string of the molecule is O=[P+]([O-])OCC=NC1CCCCC1. The first-order valence-corrected chi connectivity index (χ1v) is 5.67. The Balaban J connectivity index is 2.11. The number of hydrogen-bond donors (Lipinski definition) is 0. The van der Waals surface area contributed by atoms with Crippen LogP contribution in [0.15, 0.2) is 4.99 Å². The average molecular weight is 203 g/mol. The first-order chi connectivity index (χ1) is 6.29. The Morgan fingerprint density at radius 3 is 2.77 bits per heavy atom. The maximum atomic E-state index is 10.0. The molecule has 1 saturated carbocycles. The van der Waals surface area contributed by atoms with Crippen LogP contribution in [0, 0.1) is 0 Å². The van der Waals surface area contributed by atoms with Crippen LogP contribution >= 0.6 is 8.25 Å². The molecule has 1 fully saturated rings. The van der Waals surface area contributed by atoms with Crippen molar-refractivity contribution in [1.29, 1.82) is 0 Å². The van der Waals surface area contributed by atoms with Gasteiger partial charge in [0.05, 0.1) is 0 Å². The van der Waals surface area contributed by atoms with E-state index in [1.807, 2.05) is 0 Å². The van der Waals surface area contributed by atoms with E-state index in [1.165, 1.54) is 19.3 Å². The molecule has 4 nitrogen and oxygen atoms in total. The van der Waals surface area contributed by atoms with Gasteiger partial charge in [0.2, 0.25) is 0 Å². The highest BCUT2D eigenvalue weighted by atomic mass is 31.1. The van der Waals surface area contributed by atoms with Crippen LogP contribution in [-0.2, 0) is 9.09 Å². The summed E-state index contributed by atoms with van der Waals surface area (Å²) >= 11 is 0. The lowest BCUT2D eigenvalue weighted by atomic mass is 9.96. The Morgan fingerprint density at radius 1 is 1.46 bits per heavy atom. The molecule has 74 valence electrons. The first-order valence-electron chi connectivity index (χ1n) is 4.58. The van der Waals surface area contributed by atoms with Crippen LogP contribution in [0.25, 0.3) is 0 Å². The summed E-state index contributed by atoms with van der Waals surface area (Å²) in [4.78, 5) is 14.2. The topological polar surface area (TPSA) is 61.7 Å². The van der Waals surface area contributed by atoms with Gasteiger partial charge in [-0.3, -0.25) is 4.99 Å². The molecule has 5 heteroatoms. The molecule has 0 bridgehead atoms. The highest BCUT2D eigenvalue weighted by Crippen LogP contribution is 2.19. The molecule has 1 unspecified atom stereocenters. The largest absolute Gasteiger partial charge is 0.566 e. The number of aliphatic imine (C=N–C) groups is 1. The fourth-order valence-electron chi connectivity index (χ4n) is 1.52. The molecule has 0 radical (unpaired) electrons. The summed E-state index contributed by atoms with van der Waals surface area (Å²) in [7, 11) is -2.72. The molecule has 1 aliphatic carbocycles. The summed E-state index contributed by atoms with van der Waals surface area (Å²) in [6.07, 6.45) is 7.58. The number of rotatable bonds is 4. The highest BCUT2D eigenvalue weighted by molar-refractivity contribution is 7.30. The van der Waals surface area contributed by atoms with E-state index in [4.69, 9.17) is 0 Å². The summed E-state index contributed by atoms with van der Waals surface area (Å²) < 4.78 is 14.3. The molecule has 1 rings (SSSR count). The van der Waals surface area contributed by atoms with Crippen molar-refractivity contribution in [2.75, 3.05) is 6.61 Å². The van der Waals surface area contributed by atoms with Crippen LogP contribution in [-0.4, -0.2) is 18.9 Å². The third-order valence-electron chi connectivity index (χ3n) is 2.15. The summed E-state index contributed by atoms with van der Waals surface area (Å²) in [5.74, 6) is 0. The van der Waals surface area contributed by atoms with Gasteiger partial charge in [-0.15, -0.1) is 4.52 Å². The van der Waals surface area contributed by atoms with Crippen LogP contribution in [0.3, 0.4) is 0 Å². The zero-order valence-electron chi connectivity index (χ0n) is 7.52. The van der Waals surface area contributed by atoms with E-state index in [0.29, 0.717) is 6.04 Å². The van der Waals surface area contributed by atoms with Gasteiger partial charge in [0.15, 0.2) is 0 Å². The maximum absolute atomic E-state index is 10.0. The van der Waals surface area contributed by atoms with Crippen LogP contribution in [0.4, 0.5) is 0 Å². The summed E-state index contributed by atoms with van der Waals surface area (Å²) in [5, 5.41) is 0. The Kier molecular flexibility index (Phi) is 5.13. The van der Waals surface area contributed by atoms with Crippen LogP contribution in [0.2, 0.25) is 0 Å². The molecule has 1 atom stereocenters. The minimum Gasteiger partial charge on any atom is -0.566 e. The fourth-order valence-corrected chi connectivity index (χ4v) is 1.70.